The van der Waals surface area contributed by atoms with E-state index in [-0.39, 0.29) is 0 Å². The highest BCUT2D eigenvalue weighted by molar-refractivity contribution is 7.68. The average molecular weight is 244 g/mol. The summed E-state index contributed by atoms with van der Waals surface area (Å²) < 4.78 is 17.3. The molecule has 0 radical (unpaired) electrons. The van der Waals surface area contributed by atoms with Gasteiger partial charge in [-0.1, -0.05) is 19.4 Å². The Bertz CT molecular complexity index is 341. The molecule has 0 atom stereocenters. The molecule has 0 heterocycles. The molecule has 0 aromatic carbocycles. The molecule has 0 saturated carbocycles. The smallest absolute Gasteiger partial charge is 0.307 e. The lowest BCUT2D eigenvalue weighted by Gasteiger charge is -2.15. The second-order valence-corrected chi connectivity index (χ2v) is 7.46. The molecule has 0 N–H and O–H groups in total. The second-order valence-electron chi connectivity index (χ2n) is 3.90. The molecule has 0 aromatic heterocycles. The van der Waals surface area contributed by atoms with Gasteiger partial charge in [0.15, 0.2) is 0 Å². The molecule has 0 unspecified atom stereocenters. The zero-order chi connectivity index (χ0) is 12.8. The van der Waals surface area contributed by atoms with E-state index < -0.39 is 13.1 Å². The van der Waals surface area contributed by atoms with Gasteiger partial charge < -0.3 is 9.30 Å². The van der Waals surface area contributed by atoms with E-state index in [0.717, 1.165) is 5.57 Å². The summed E-state index contributed by atoms with van der Waals surface area (Å²) in [6.45, 7) is 8.98. The minimum atomic E-state index is -2.39. The Morgan fingerprint density at radius 1 is 1.19 bits per heavy atom. The molecular weight excluding hydrogens is 223 g/mol. The van der Waals surface area contributed by atoms with Crippen molar-refractivity contribution >= 4 is 13.1 Å². The van der Waals surface area contributed by atoms with Crippen LogP contribution in [0.2, 0.25) is 0 Å². The number of carbonyl (C=O) groups is 1. The van der Waals surface area contributed by atoms with Crippen LogP contribution in [-0.4, -0.2) is 18.3 Å². The Balaban J connectivity index is 5.24. The maximum Gasteiger partial charge on any atom is 0.307 e. The average Bonchev–Trinajstić information content (AvgIpc) is 2.22. The summed E-state index contributed by atoms with van der Waals surface area (Å²) in [5, 5.41) is 0.646. The number of rotatable bonds is 5. The summed E-state index contributed by atoms with van der Waals surface area (Å²) in [4.78, 5) is 10.8. The fourth-order valence-corrected chi connectivity index (χ4v) is 3.19. The number of hydrogen-bond donors (Lipinski definition) is 0. The molecular formula is C12H21O3P. The summed E-state index contributed by atoms with van der Waals surface area (Å²) >= 11 is 0. The molecule has 0 aliphatic carbocycles. The maximum absolute atomic E-state index is 12.5. The molecule has 0 rings (SSSR count). The molecule has 3 nitrogen and oxygen atoms in total. The Kier molecular flexibility index (Phi) is 6.35. The molecule has 16 heavy (non-hydrogen) atoms. The van der Waals surface area contributed by atoms with Crippen LogP contribution in [0.15, 0.2) is 23.2 Å². The highest BCUT2D eigenvalue weighted by Crippen LogP contribution is 2.53. The highest BCUT2D eigenvalue weighted by Gasteiger charge is 2.22. The van der Waals surface area contributed by atoms with Gasteiger partial charge in [0.1, 0.15) is 13.4 Å². The van der Waals surface area contributed by atoms with E-state index in [2.05, 4.69) is 0 Å². The van der Waals surface area contributed by atoms with Crippen molar-refractivity contribution in [3.8, 4) is 0 Å². The van der Waals surface area contributed by atoms with Gasteiger partial charge in [-0.2, -0.15) is 0 Å². The Labute approximate surface area is 97.9 Å². The van der Waals surface area contributed by atoms with Gasteiger partial charge in [0.2, 0.25) is 0 Å². The van der Waals surface area contributed by atoms with Crippen molar-refractivity contribution in [2.45, 2.75) is 34.6 Å². The maximum atomic E-state index is 12.5. The lowest BCUT2D eigenvalue weighted by molar-refractivity contribution is -0.135. The SMILES string of the molecule is CCP(=O)(CC)/C(C=C(C)C)=C/OC(C)=O. The molecule has 0 aromatic rings. The van der Waals surface area contributed by atoms with Crippen LogP contribution >= 0.6 is 7.14 Å². The third-order valence-electron chi connectivity index (χ3n) is 2.27. The Morgan fingerprint density at radius 3 is 2.00 bits per heavy atom. The van der Waals surface area contributed by atoms with Gasteiger partial charge in [-0.15, -0.1) is 0 Å². The molecule has 92 valence electrons. The number of hydrogen-bond acceptors (Lipinski definition) is 3. The lowest BCUT2D eigenvalue weighted by Crippen LogP contribution is -1.97. The van der Waals surface area contributed by atoms with Crippen LogP contribution in [0, 0.1) is 0 Å². The summed E-state index contributed by atoms with van der Waals surface area (Å²) in [7, 11) is -2.39. The number of ether oxygens (including phenoxy) is 1. The molecule has 0 bridgehead atoms. The van der Waals surface area contributed by atoms with Crippen molar-refractivity contribution in [2.24, 2.45) is 0 Å². The number of carbonyl (C=O) groups excluding carboxylic acids is 1. The van der Waals surface area contributed by atoms with Gasteiger partial charge in [-0.25, -0.2) is 0 Å². The van der Waals surface area contributed by atoms with Crippen molar-refractivity contribution in [1.29, 1.82) is 0 Å². The van der Waals surface area contributed by atoms with Crippen LogP contribution < -0.4 is 0 Å². The second kappa shape index (κ2) is 6.70. The van der Waals surface area contributed by atoms with E-state index in [4.69, 9.17) is 4.74 Å². The highest BCUT2D eigenvalue weighted by atomic mass is 31.2. The van der Waals surface area contributed by atoms with Crippen LogP contribution in [-0.2, 0) is 14.1 Å². The number of esters is 1. The number of allylic oxidation sites excluding steroid dienone is 3. The summed E-state index contributed by atoms with van der Waals surface area (Å²) in [6.07, 6.45) is 4.33. The normalized spacial score (nSPS) is 12.2. The molecule has 0 amide bonds. The first-order valence-electron chi connectivity index (χ1n) is 5.46. The Morgan fingerprint density at radius 2 is 1.69 bits per heavy atom. The standard InChI is InChI=1S/C12H21O3P/c1-6-16(14,7-2)12(8-10(3)4)9-15-11(5)13/h8-9H,6-7H2,1-5H3/b12-9+. The molecule has 0 aliphatic heterocycles. The van der Waals surface area contributed by atoms with E-state index in [1.165, 1.54) is 13.2 Å². The largest absolute Gasteiger partial charge is 0.434 e. The van der Waals surface area contributed by atoms with Gasteiger partial charge in [-0.3, -0.25) is 4.79 Å². The predicted molar refractivity (Wildman–Crippen MR) is 68.0 cm³/mol. The molecule has 4 heteroatoms. The van der Waals surface area contributed by atoms with Gasteiger partial charge in [0.05, 0.1) is 0 Å². The first-order valence-corrected chi connectivity index (χ1v) is 7.54. The zero-order valence-electron chi connectivity index (χ0n) is 10.7. The van der Waals surface area contributed by atoms with Crippen LogP contribution in [0.4, 0.5) is 0 Å². The van der Waals surface area contributed by atoms with Gasteiger partial charge in [-0.05, 0) is 19.9 Å². The van der Waals surface area contributed by atoms with E-state index >= 15 is 0 Å². The first kappa shape index (κ1) is 15.2. The minimum Gasteiger partial charge on any atom is -0.434 e. The topological polar surface area (TPSA) is 43.4 Å². The van der Waals surface area contributed by atoms with Crippen LogP contribution in [0.3, 0.4) is 0 Å². The van der Waals surface area contributed by atoms with Crippen molar-refractivity contribution in [2.75, 3.05) is 12.3 Å². The third kappa shape index (κ3) is 4.80. The predicted octanol–water partition coefficient (Wildman–Crippen LogP) is 3.76. The van der Waals surface area contributed by atoms with E-state index in [1.54, 1.807) is 0 Å². The monoisotopic (exact) mass is 244 g/mol. The van der Waals surface area contributed by atoms with Gasteiger partial charge in [0, 0.05) is 24.6 Å². The quantitative estimate of drug-likeness (QED) is 0.320. The summed E-state index contributed by atoms with van der Waals surface area (Å²) in [6, 6.07) is 0. The zero-order valence-corrected chi connectivity index (χ0v) is 11.6. The van der Waals surface area contributed by atoms with E-state index in [0.29, 0.717) is 17.6 Å². The Hall–Kier alpha value is -0.820. The van der Waals surface area contributed by atoms with E-state index in [1.807, 2.05) is 33.8 Å². The van der Waals surface area contributed by atoms with Crippen molar-refractivity contribution in [3.63, 3.8) is 0 Å². The van der Waals surface area contributed by atoms with Crippen molar-refractivity contribution in [1.82, 2.24) is 0 Å². The van der Waals surface area contributed by atoms with Crippen LogP contribution in [0.25, 0.3) is 0 Å². The molecule has 0 fully saturated rings. The first-order chi connectivity index (χ1) is 7.35. The third-order valence-corrected chi connectivity index (χ3v) is 5.49. The van der Waals surface area contributed by atoms with E-state index in [9.17, 15) is 9.36 Å². The van der Waals surface area contributed by atoms with Crippen molar-refractivity contribution in [3.05, 3.63) is 23.2 Å². The fourth-order valence-electron chi connectivity index (χ4n) is 1.28. The summed E-state index contributed by atoms with van der Waals surface area (Å²) in [5.74, 6) is -0.390. The van der Waals surface area contributed by atoms with Gasteiger partial charge >= 0.3 is 5.97 Å². The molecule has 0 spiro atoms. The summed E-state index contributed by atoms with van der Waals surface area (Å²) in [5.41, 5.74) is 1.04. The minimum absolute atomic E-state index is 0.390. The fraction of sp³-hybridized carbons (Fsp3) is 0.583. The van der Waals surface area contributed by atoms with Crippen molar-refractivity contribution < 1.29 is 14.1 Å². The molecule has 0 aliphatic rings. The van der Waals surface area contributed by atoms with Gasteiger partial charge in [0.25, 0.3) is 0 Å². The molecule has 0 saturated heterocycles. The lowest BCUT2D eigenvalue weighted by atomic mass is 10.3. The van der Waals surface area contributed by atoms with Crippen LogP contribution in [0.5, 0.6) is 0 Å². The van der Waals surface area contributed by atoms with Crippen LogP contribution in [0.1, 0.15) is 34.6 Å².